The van der Waals surface area contributed by atoms with Gasteiger partial charge in [-0.2, -0.15) is 0 Å². The van der Waals surface area contributed by atoms with Crippen molar-refractivity contribution in [1.82, 2.24) is 5.32 Å². The summed E-state index contributed by atoms with van der Waals surface area (Å²) in [4.78, 5) is 11.1. The Morgan fingerprint density at radius 3 is 2.35 bits per heavy atom. The van der Waals surface area contributed by atoms with Gasteiger partial charge in [-0.15, -0.1) is 6.58 Å². The highest BCUT2D eigenvalue weighted by Crippen LogP contribution is 2.13. The SMILES string of the molecule is C=CCC(C)C(C)NCC(CC(C)C)C(=O)O. The third kappa shape index (κ3) is 7.16. The number of aliphatic carboxylic acids is 1. The third-order valence-electron chi connectivity index (χ3n) is 3.18. The number of carbonyl (C=O) groups is 1. The number of carboxylic acids is 1. The molecule has 0 aromatic rings. The molecule has 3 nitrogen and oxygen atoms in total. The van der Waals surface area contributed by atoms with E-state index in [1.165, 1.54) is 0 Å². The molecule has 0 aromatic carbocycles. The molecule has 0 aliphatic carbocycles. The van der Waals surface area contributed by atoms with Gasteiger partial charge in [0.15, 0.2) is 0 Å². The summed E-state index contributed by atoms with van der Waals surface area (Å²) < 4.78 is 0. The van der Waals surface area contributed by atoms with E-state index in [2.05, 4.69) is 39.6 Å². The molecule has 2 N–H and O–H groups in total. The van der Waals surface area contributed by atoms with E-state index in [1.807, 2.05) is 6.08 Å². The molecule has 100 valence electrons. The molecular weight excluding hydrogens is 214 g/mol. The molecule has 0 heterocycles. The average molecular weight is 241 g/mol. The molecule has 0 spiro atoms. The quantitative estimate of drug-likeness (QED) is 0.610. The zero-order valence-corrected chi connectivity index (χ0v) is 11.6. The van der Waals surface area contributed by atoms with Crippen LogP contribution in [0.15, 0.2) is 12.7 Å². The van der Waals surface area contributed by atoms with Crippen molar-refractivity contribution in [2.45, 2.75) is 46.6 Å². The molecule has 0 rings (SSSR count). The van der Waals surface area contributed by atoms with E-state index >= 15 is 0 Å². The zero-order chi connectivity index (χ0) is 13.4. The zero-order valence-electron chi connectivity index (χ0n) is 11.6. The van der Waals surface area contributed by atoms with E-state index in [0.717, 1.165) is 12.8 Å². The molecule has 0 radical (unpaired) electrons. The summed E-state index contributed by atoms with van der Waals surface area (Å²) in [5.41, 5.74) is 0. The van der Waals surface area contributed by atoms with Crippen LogP contribution < -0.4 is 5.32 Å². The molecule has 0 aliphatic heterocycles. The first kappa shape index (κ1) is 16.2. The van der Waals surface area contributed by atoms with Gasteiger partial charge in [-0.05, 0) is 31.6 Å². The molecule has 0 amide bonds. The van der Waals surface area contributed by atoms with Gasteiger partial charge in [-0.3, -0.25) is 4.79 Å². The van der Waals surface area contributed by atoms with Crippen LogP contribution in [0.4, 0.5) is 0 Å². The van der Waals surface area contributed by atoms with Crippen molar-refractivity contribution in [1.29, 1.82) is 0 Å². The van der Waals surface area contributed by atoms with Crippen LogP contribution in [0.25, 0.3) is 0 Å². The number of hydrogen-bond acceptors (Lipinski definition) is 2. The third-order valence-corrected chi connectivity index (χ3v) is 3.18. The molecular formula is C14H27NO2. The second kappa shape index (κ2) is 8.29. The molecule has 0 aliphatic rings. The summed E-state index contributed by atoms with van der Waals surface area (Å²) in [6.07, 6.45) is 3.59. The Hall–Kier alpha value is -0.830. The standard InChI is InChI=1S/C14H27NO2/c1-6-7-11(4)12(5)15-9-13(14(16)17)8-10(2)3/h6,10-13,15H,1,7-9H2,2-5H3,(H,16,17). The van der Waals surface area contributed by atoms with Gasteiger partial charge in [0.05, 0.1) is 5.92 Å². The minimum atomic E-state index is -0.699. The van der Waals surface area contributed by atoms with Gasteiger partial charge in [0.25, 0.3) is 0 Å². The summed E-state index contributed by atoms with van der Waals surface area (Å²) in [7, 11) is 0. The lowest BCUT2D eigenvalue weighted by atomic mass is 9.95. The molecule has 0 bridgehead atoms. The summed E-state index contributed by atoms with van der Waals surface area (Å²) in [6.45, 7) is 12.6. The van der Waals surface area contributed by atoms with Crippen molar-refractivity contribution in [2.24, 2.45) is 17.8 Å². The topological polar surface area (TPSA) is 49.3 Å². The Bertz CT molecular complexity index is 238. The lowest BCUT2D eigenvalue weighted by molar-refractivity contribution is -0.142. The molecule has 17 heavy (non-hydrogen) atoms. The minimum Gasteiger partial charge on any atom is -0.481 e. The fourth-order valence-electron chi connectivity index (χ4n) is 1.84. The van der Waals surface area contributed by atoms with Crippen LogP contribution in [0, 0.1) is 17.8 Å². The summed E-state index contributed by atoms with van der Waals surface area (Å²) in [5.74, 6) is -0.0806. The molecule has 0 saturated carbocycles. The molecule has 0 fully saturated rings. The lowest BCUT2D eigenvalue weighted by Crippen LogP contribution is -2.38. The van der Waals surface area contributed by atoms with E-state index < -0.39 is 5.97 Å². The smallest absolute Gasteiger partial charge is 0.307 e. The lowest BCUT2D eigenvalue weighted by Gasteiger charge is -2.23. The van der Waals surface area contributed by atoms with E-state index in [9.17, 15) is 4.79 Å². The van der Waals surface area contributed by atoms with Gasteiger partial charge in [-0.1, -0.05) is 26.8 Å². The predicted octanol–water partition coefficient (Wildman–Crippen LogP) is 2.92. The average Bonchev–Trinajstić information content (AvgIpc) is 2.23. The number of hydrogen-bond donors (Lipinski definition) is 2. The fourth-order valence-corrected chi connectivity index (χ4v) is 1.84. The number of carboxylic acid groups (broad SMARTS) is 1. The van der Waals surface area contributed by atoms with Crippen molar-refractivity contribution in [3.8, 4) is 0 Å². The fraction of sp³-hybridized carbons (Fsp3) is 0.786. The second-order valence-corrected chi connectivity index (χ2v) is 5.36. The first-order valence-corrected chi connectivity index (χ1v) is 6.45. The van der Waals surface area contributed by atoms with E-state index in [0.29, 0.717) is 24.4 Å². The first-order valence-electron chi connectivity index (χ1n) is 6.45. The van der Waals surface area contributed by atoms with Crippen LogP contribution in [0.5, 0.6) is 0 Å². The Labute approximate surface area is 105 Å². The molecule has 3 atom stereocenters. The van der Waals surface area contributed by atoms with Crippen molar-refractivity contribution in [3.63, 3.8) is 0 Å². The van der Waals surface area contributed by atoms with E-state index in [-0.39, 0.29) is 5.92 Å². The predicted molar refractivity (Wildman–Crippen MR) is 72.0 cm³/mol. The van der Waals surface area contributed by atoms with Gasteiger partial charge >= 0.3 is 5.97 Å². The number of rotatable bonds is 9. The maximum absolute atomic E-state index is 11.1. The van der Waals surface area contributed by atoms with E-state index in [1.54, 1.807) is 0 Å². The maximum Gasteiger partial charge on any atom is 0.307 e. The van der Waals surface area contributed by atoms with Gasteiger partial charge < -0.3 is 10.4 Å². The van der Waals surface area contributed by atoms with Gasteiger partial charge in [-0.25, -0.2) is 0 Å². The second-order valence-electron chi connectivity index (χ2n) is 5.36. The van der Waals surface area contributed by atoms with Crippen LogP contribution in [0.1, 0.15) is 40.5 Å². The van der Waals surface area contributed by atoms with Crippen LogP contribution >= 0.6 is 0 Å². The monoisotopic (exact) mass is 241 g/mol. The van der Waals surface area contributed by atoms with Gasteiger partial charge in [0.2, 0.25) is 0 Å². The first-order chi connectivity index (χ1) is 7.88. The highest BCUT2D eigenvalue weighted by Gasteiger charge is 2.20. The summed E-state index contributed by atoms with van der Waals surface area (Å²) in [5, 5.41) is 12.4. The Kier molecular flexibility index (Phi) is 7.88. The minimum absolute atomic E-state index is 0.284. The number of allylic oxidation sites excluding steroid dienone is 1. The largest absolute Gasteiger partial charge is 0.481 e. The van der Waals surface area contributed by atoms with Crippen LogP contribution in [0.2, 0.25) is 0 Å². The Morgan fingerprint density at radius 2 is 1.94 bits per heavy atom. The normalized spacial score (nSPS) is 16.5. The molecule has 3 unspecified atom stereocenters. The van der Waals surface area contributed by atoms with Crippen molar-refractivity contribution < 1.29 is 9.90 Å². The molecule has 0 saturated heterocycles. The highest BCUT2D eigenvalue weighted by atomic mass is 16.4. The van der Waals surface area contributed by atoms with E-state index in [4.69, 9.17) is 5.11 Å². The summed E-state index contributed by atoms with van der Waals surface area (Å²) in [6, 6.07) is 0.321. The van der Waals surface area contributed by atoms with Crippen LogP contribution in [-0.2, 0) is 4.79 Å². The van der Waals surface area contributed by atoms with Crippen LogP contribution in [-0.4, -0.2) is 23.7 Å². The highest BCUT2D eigenvalue weighted by molar-refractivity contribution is 5.70. The Balaban J connectivity index is 4.11. The van der Waals surface area contributed by atoms with Crippen LogP contribution in [0.3, 0.4) is 0 Å². The van der Waals surface area contributed by atoms with Gasteiger partial charge in [0, 0.05) is 12.6 Å². The van der Waals surface area contributed by atoms with Crippen molar-refractivity contribution in [3.05, 3.63) is 12.7 Å². The molecule has 3 heteroatoms. The summed E-state index contributed by atoms with van der Waals surface area (Å²) >= 11 is 0. The maximum atomic E-state index is 11.1. The van der Waals surface area contributed by atoms with Crippen molar-refractivity contribution >= 4 is 5.97 Å². The van der Waals surface area contributed by atoms with Gasteiger partial charge in [0.1, 0.15) is 0 Å². The Morgan fingerprint density at radius 1 is 1.35 bits per heavy atom. The number of nitrogens with one attached hydrogen (secondary N) is 1. The molecule has 0 aromatic heterocycles. The van der Waals surface area contributed by atoms with Crippen molar-refractivity contribution in [2.75, 3.05) is 6.54 Å².